The molecule has 10 nitrogen and oxygen atoms in total. The first kappa shape index (κ1) is 22.9. The van der Waals surface area contributed by atoms with Crippen LogP contribution in [0.15, 0.2) is 24.5 Å². The van der Waals surface area contributed by atoms with Crippen molar-refractivity contribution in [2.24, 2.45) is 0 Å². The van der Waals surface area contributed by atoms with E-state index in [0.29, 0.717) is 49.9 Å². The number of nitrogens with one attached hydrogen (secondary N) is 2. The Hall–Kier alpha value is -3.50. The summed E-state index contributed by atoms with van der Waals surface area (Å²) in [4.78, 5) is 38.8. The van der Waals surface area contributed by atoms with Crippen molar-refractivity contribution < 1.29 is 23.8 Å². The van der Waals surface area contributed by atoms with E-state index >= 15 is 0 Å². The number of pyridine rings is 2. The maximum Gasteiger partial charge on any atom is 0.260 e. The highest BCUT2D eigenvalue weighted by Crippen LogP contribution is 2.43. The third kappa shape index (κ3) is 4.10. The van der Waals surface area contributed by atoms with E-state index in [9.17, 15) is 9.59 Å². The number of aromatic amines is 1. The molecule has 0 bridgehead atoms. The van der Waals surface area contributed by atoms with Crippen LogP contribution in [-0.2, 0) is 31.1 Å². The Morgan fingerprint density at radius 3 is 2.89 bits per heavy atom. The number of hydrogen-bond donors (Lipinski definition) is 2. The molecule has 0 aromatic carbocycles. The van der Waals surface area contributed by atoms with Gasteiger partial charge in [0.25, 0.3) is 5.91 Å². The Morgan fingerprint density at radius 2 is 2.11 bits per heavy atom. The molecule has 1 atom stereocenters. The molecule has 188 valence electrons. The van der Waals surface area contributed by atoms with Crippen LogP contribution in [0.3, 0.4) is 0 Å². The van der Waals surface area contributed by atoms with Crippen molar-refractivity contribution in [3.8, 4) is 17.0 Å². The first-order valence-electron chi connectivity index (χ1n) is 12.4. The lowest BCUT2D eigenvalue weighted by molar-refractivity contribution is -0.132. The highest BCUT2D eigenvalue weighted by Gasteiger charge is 2.44. The number of hydrogen-bond acceptors (Lipinski definition) is 7. The molecule has 1 spiro atoms. The number of H-pyrrole nitrogens is 1. The van der Waals surface area contributed by atoms with E-state index in [1.165, 1.54) is 6.92 Å². The maximum atomic E-state index is 12.7. The van der Waals surface area contributed by atoms with Gasteiger partial charge < -0.3 is 29.4 Å². The van der Waals surface area contributed by atoms with E-state index in [1.54, 1.807) is 6.20 Å². The van der Waals surface area contributed by atoms with Crippen LogP contribution in [0.1, 0.15) is 37.4 Å². The smallest absolute Gasteiger partial charge is 0.260 e. The monoisotopic (exact) mass is 491 g/mol. The van der Waals surface area contributed by atoms with Gasteiger partial charge in [-0.05, 0) is 18.9 Å². The number of carbonyl (C=O) groups is 2. The molecule has 10 heteroatoms. The maximum absolute atomic E-state index is 12.7. The quantitative estimate of drug-likeness (QED) is 0.563. The van der Waals surface area contributed by atoms with Gasteiger partial charge in [0, 0.05) is 68.2 Å². The molecule has 2 fully saturated rings. The van der Waals surface area contributed by atoms with E-state index in [1.807, 2.05) is 23.2 Å². The summed E-state index contributed by atoms with van der Waals surface area (Å²) in [6.45, 7) is 4.61. The predicted molar refractivity (Wildman–Crippen MR) is 132 cm³/mol. The van der Waals surface area contributed by atoms with Crippen molar-refractivity contribution in [2.75, 3.05) is 44.8 Å². The van der Waals surface area contributed by atoms with Gasteiger partial charge in [-0.15, -0.1) is 0 Å². The fraction of sp³-hybridized carbons (Fsp3) is 0.462. The van der Waals surface area contributed by atoms with Crippen LogP contribution in [0.2, 0.25) is 0 Å². The van der Waals surface area contributed by atoms with E-state index < -0.39 is 5.60 Å². The molecule has 0 radical (unpaired) electrons. The molecule has 0 aliphatic carbocycles. The van der Waals surface area contributed by atoms with E-state index in [0.717, 1.165) is 53.7 Å². The largest absolute Gasteiger partial charge is 0.483 e. The van der Waals surface area contributed by atoms with Crippen LogP contribution in [0, 0.1) is 0 Å². The van der Waals surface area contributed by atoms with Gasteiger partial charge in [0.05, 0.1) is 36.3 Å². The minimum Gasteiger partial charge on any atom is -0.483 e. The van der Waals surface area contributed by atoms with Crippen LogP contribution in [0.4, 0.5) is 5.82 Å². The van der Waals surface area contributed by atoms with Gasteiger partial charge in [0.1, 0.15) is 17.2 Å². The minimum atomic E-state index is -0.615. The molecular formula is C26H29N5O5. The third-order valence-electron chi connectivity index (χ3n) is 7.19. The summed E-state index contributed by atoms with van der Waals surface area (Å²) < 4.78 is 18.2. The van der Waals surface area contributed by atoms with Gasteiger partial charge in [0.2, 0.25) is 5.91 Å². The Morgan fingerprint density at radius 1 is 1.25 bits per heavy atom. The number of amides is 2. The summed E-state index contributed by atoms with van der Waals surface area (Å²) in [5.74, 6) is 0.932. The summed E-state index contributed by atoms with van der Waals surface area (Å²) >= 11 is 0. The van der Waals surface area contributed by atoms with E-state index in [-0.39, 0.29) is 18.4 Å². The van der Waals surface area contributed by atoms with Gasteiger partial charge in [-0.2, -0.15) is 0 Å². The molecule has 3 aromatic rings. The van der Waals surface area contributed by atoms with Gasteiger partial charge in [0.15, 0.2) is 6.61 Å². The SMILES string of the molecule is CC(=O)Nc1cc2c(-c3cc(OCC(=O)N4CCCC4)c4c(n3)C3(CCOC3)OCC4)c[nH]c2cn1. The molecule has 2 N–H and O–H groups in total. The number of anilines is 1. The number of aromatic nitrogens is 3. The van der Waals surface area contributed by atoms with Crippen LogP contribution < -0.4 is 10.1 Å². The molecule has 3 aliphatic rings. The van der Waals surface area contributed by atoms with Crippen molar-refractivity contribution in [1.82, 2.24) is 19.9 Å². The Balaban J connectivity index is 1.43. The number of likely N-dealkylation sites (tertiary alicyclic amines) is 1. The zero-order chi connectivity index (χ0) is 24.7. The summed E-state index contributed by atoms with van der Waals surface area (Å²) in [5.41, 5.74) is 3.54. The third-order valence-corrected chi connectivity index (χ3v) is 7.19. The molecule has 6 heterocycles. The van der Waals surface area contributed by atoms with E-state index in [4.69, 9.17) is 19.2 Å². The fourth-order valence-corrected chi connectivity index (χ4v) is 5.38. The zero-order valence-electron chi connectivity index (χ0n) is 20.3. The molecule has 0 saturated carbocycles. The first-order chi connectivity index (χ1) is 17.5. The number of fused-ring (bicyclic) bond motifs is 3. The molecule has 3 aromatic heterocycles. The van der Waals surface area contributed by atoms with E-state index in [2.05, 4.69) is 15.3 Å². The molecular weight excluding hydrogens is 462 g/mol. The summed E-state index contributed by atoms with van der Waals surface area (Å²) in [6.07, 6.45) is 7.01. The molecule has 2 amide bonds. The second-order valence-electron chi connectivity index (χ2n) is 9.60. The first-order valence-corrected chi connectivity index (χ1v) is 12.4. The van der Waals surface area contributed by atoms with Gasteiger partial charge >= 0.3 is 0 Å². The van der Waals surface area contributed by atoms with Gasteiger partial charge in [-0.3, -0.25) is 9.59 Å². The Labute approximate surface area is 208 Å². The van der Waals surface area contributed by atoms with Gasteiger partial charge in [-0.1, -0.05) is 0 Å². The summed E-state index contributed by atoms with van der Waals surface area (Å²) in [6, 6.07) is 3.73. The zero-order valence-corrected chi connectivity index (χ0v) is 20.3. The van der Waals surface area contributed by atoms with Crippen LogP contribution in [0.5, 0.6) is 5.75 Å². The Kier molecular flexibility index (Phi) is 5.85. The topological polar surface area (TPSA) is 119 Å². The average molecular weight is 492 g/mol. The molecule has 2 saturated heterocycles. The lowest BCUT2D eigenvalue weighted by Gasteiger charge is -2.34. The highest BCUT2D eigenvalue weighted by atomic mass is 16.6. The predicted octanol–water partition coefficient (Wildman–Crippen LogP) is 2.77. The standard InChI is InChI=1S/C26H29N5O5/c1-16(32)29-23-10-18-19(12-27-21(18)13-28-23)20-11-22(35-14-24(33)31-6-2-3-7-31)17-4-8-36-26(25(17)30-20)5-9-34-15-26/h10-13,27H,2-9,14-15H2,1H3,(H,28,29,32). The molecule has 1 unspecified atom stereocenters. The normalized spacial score (nSPS) is 21.2. The fourth-order valence-electron chi connectivity index (χ4n) is 5.38. The van der Waals surface area contributed by atoms with Crippen molar-refractivity contribution in [1.29, 1.82) is 0 Å². The summed E-state index contributed by atoms with van der Waals surface area (Å²) in [7, 11) is 0. The number of rotatable bonds is 5. The average Bonchev–Trinajstić information content (AvgIpc) is 3.64. The number of ether oxygens (including phenoxy) is 3. The lowest BCUT2D eigenvalue weighted by Crippen LogP contribution is -2.38. The van der Waals surface area contributed by atoms with Crippen LogP contribution in [-0.4, -0.2) is 71.2 Å². The summed E-state index contributed by atoms with van der Waals surface area (Å²) in [5, 5.41) is 3.61. The second kappa shape index (κ2) is 9.18. The number of carbonyl (C=O) groups excluding carboxylic acids is 2. The van der Waals surface area contributed by atoms with Crippen molar-refractivity contribution in [3.05, 3.63) is 35.8 Å². The lowest BCUT2D eigenvalue weighted by atomic mass is 9.89. The molecule has 3 aliphatic heterocycles. The molecule has 6 rings (SSSR count). The van der Waals surface area contributed by atoms with Crippen molar-refractivity contribution in [3.63, 3.8) is 0 Å². The minimum absolute atomic E-state index is 0.00343. The van der Waals surface area contributed by atoms with Crippen LogP contribution in [0.25, 0.3) is 22.2 Å². The van der Waals surface area contributed by atoms with Crippen molar-refractivity contribution in [2.45, 2.75) is 38.2 Å². The Bertz CT molecular complexity index is 1320. The molecule has 36 heavy (non-hydrogen) atoms. The highest BCUT2D eigenvalue weighted by molar-refractivity contribution is 5.97. The van der Waals surface area contributed by atoms with Crippen LogP contribution >= 0.6 is 0 Å². The van der Waals surface area contributed by atoms with Gasteiger partial charge in [-0.25, -0.2) is 9.97 Å². The number of nitrogens with zero attached hydrogens (tertiary/aromatic N) is 3. The van der Waals surface area contributed by atoms with Crippen molar-refractivity contribution >= 4 is 28.5 Å². The second-order valence-corrected chi connectivity index (χ2v) is 9.60.